The maximum absolute atomic E-state index is 12.7. The van der Waals surface area contributed by atoms with Gasteiger partial charge in [-0.2, -0.15) is 0 Å². The van der Waals surface area contributed by atoms with Crippen molar-refractivity contribution in [2.45, 2.75) is 32.4 Å². The minimum atomic E-state index is -0.133. The third-order valence-electron chi connectivity index (χ3n) is 4.88. The molecular formula is C21H22N2O3. The summed E-state index contributed by atoms with van der Waals surface area (Å²) < 4.78 is 0. The summed E-state index contributed by atoms with van der Waals surface area (Å²) in [7, 11) is 1.79. The number of imide groups is 1. The Morgan fingerprint density at radius 1 is 1.00 bits per heavy atom. The van der Waals surface area contributed by atoms with Crippen LogP contribution in [0.2, 0.25) is 0 Å². The smallest absolute Gasteiger partial charge is 0.254 e. The van der Waals surface area contributed by atoms with Crippen LogP contribution in [-0.4, -0.2) is 34.6 Å². The zero-order valence-corrected chi connectivity index (χ0v) is 15.0. The molecule has 0 aromatic heterocycles. The van der Waals surface area contributed by atoms with Crippen LogP contribution in [0.4, 0.5) is 0 Å². The minimum Gasteiger partial charge on any atom is -0.335 e. The van der Waals surface area contributed by atoms with Crippen LogP contribution < -0.4 is 0 Å². The van der Waals surface area contributed by atoms with Crippen molar-refractivity contribution in [1.29, 1.82) is 0 Å². The second kappa shape index (κ2) is 7.52. The summed E-state index contributed by atoms with van der Waals surface area (Å²) in [5.41, 5.74) is 2.49. The molecule has 3 amide bonds. The Morgan fingerprint density at radius 2 is 1.58 bits per heavy atom. The van der Waals surface area contributed by atoms with Gasteiger partial charge in [-0.05, 0) is 30.2 Å². The van der Waals surface area contributed by atoms with Crippen molar-refractivity contribution < 1.29 is 14.4 Å². The molecule has 1 unspecified atom stereocenters. The van der Waals surface area contributed by atoms with E-state index in [9.17, 15) is 14.4 Å². The van der Waals surface area contributed by atoms with Crippen LogP contribution in [0.15, 0.2) is 54.6 Å². The van der Waals surface area contributed by atoms with E-state index < -0.39 is 0 Å². The van der Waals surface area contributed by atoms with Crippen molar-refractivity contribution in [2.75, 3.05) is 7.05 Å². The molecule has 134 valence electrons. The Bertz CT molecular complexity index is 799. The lowest BCUT2D eigenvalue weighted by Crippen LogP contribution is -2.30. The number of benzene rings is 2. The van der Waals surface area contributed by atoms with Gasteiger partial charge in [-0.15, -0.1) is 0 Å². The molecule has 1 saturated heterocycles. The fourth-order valence-corrected chi connectivity index (χ4v) is 3.07. The SMILES string of the molecule is CC(c1ccccc1)N(C)C(=O)c1ccc(CN2C(=O)CCC2=O)cc1. The molecule has 26 heavy (non-hydrogen) atoms. The van der Waals surface area contributed by atoms with Gasteiger partial charge in [0.05, 0.1) is 12.6 Å². The number of rotatable bonds is 5. The quantitative estimate of drug-likeness (QED) is 0.778. The van der Waals surface area contributed by atoms with Crippen LogP contribution in [0.3, 0.4) is 0 Å². The van der Waals surface area contributed by atoms with Crippen LogP contribution in [-0.2, 0) is 16.1 Å². The molecule has 1 aliphatic rings. The standard InChI is InChI=1S/C21H22N2O3/c1-15(17-6-4-3-5-7-17)22(2)21(26)18-10-8-16(9-11-18)14-23-19(24)12-13-20(23)25/h3-11,15H,12-14H2,1-2H3. The zero-order chi connectivity index (χ0) is 18.7. The van der Waals surface area contributed by atoms with E-state index in [0.717, 1.165) is 11.1 Å². The fraction of sp³-hybridized carbons (Fsp3) is 0.286. The lowest BCUT2D eigenvalue weighted by molar-refractivity contribution is -0.139. The molecule has 0 bridgehead atoms. The molecule has 0 spiro atoms. The van der Waals surface area contributed by atoms with Crippen molar-refractivity contribution in [3.63, 3.8) is 0 Å². The van der Waals surface area contributed by atoms with Crippen molar-refractivity contribution in [3.05, 3.63) is 71.3 Å². The van der Waals surface area contributed by atoms with E-state index >= 15 is 0 Å². The summed E-state index contributed by atoms with van der Waals surface area (Å²) in [5, 5.41) is 0. The predicted molar refractivity (Wildman–Crippen MR) is 98.2 cm³/mol. The molecule has 0 radical (unpaired) electrons. The molecule has 2 aromatic rings. The van der Waals surface area contributed by atoms with Crippen LogP contribution in [0.1, 0.15) is 47.3 Å². The highest BCUT2D eigenvalue weighted by Gasteiger charge is 2.28. The van der Waals surface area contributed by atoms with E-state index in [0.29, 0.717) is 5.56 Å². The maximum atomic E-state index is 12.7. The number of carbonyl (C=O) groups excluding carboxylic acids is 3. The van der Waals surface area contributed by atoms with Crippen LogP contribution in [0.25, 0.3) is 0 Å². The second-order valence-electron chi connectivity index (χ2n) is 6.57. The van der Waals surface area contributed by atoms with E-state index in [1.54, 1.807) is 36.2 Å². The first-order valence-electron chi connectivity index (χ1n) is 8.71. The molecule has 5 nitrogen and oxygen atoms in total. The monoisotopic (exact) mass is 350 g/mol. The molecular weight excluding hydrogens is 328 g/mol. The summed E-state index contributed by atoms with van der Waals surface area (Å²) in [6.07, 6.45) is 0.579. The Morgan fingerprint density at radius 3 is 2.15 bits per heavy atom. The van der Waals surface area contributed by atoms with Gasteiger partial charge in [0.1, 0.15) is 0 Å². The van der Waals surface area contributed by atoms with Crippen LogP contribution >= 0.6 is 0 Å². The van der Waals surface area contributed by atoms with Gasteiger partial charge in [0, 0.05) is 25.5 Å². The van der Waals surface area contributed by atoms with Gasteiger partial charge in [0.15, 0.2) is 0 Å². The van der Waals surface area contributed by atoms with Gasteiger partial charge in [-0.25, -0.2) is 0 Å². The summed E-state index contributed by atoms with van der Waals surface area (Å²) >= 11 is 0. The Hall–Kier alpha value is -2.95. The number of hydrogen-bond donors (Lipinski definition) is 0. The molecule has 5 heteroatoms. The van der Waals surface area contributed by atoms with Crippen molar-refractivity contribution in [2.24, 2.45) is 0 Å². The molecule has 1 aliphatic heterocycles. The first-order chi connectivity index (χ1) is 12.5. The lowest BCUT2D eigenvalue weighted by Gasteiger charge is -2.25. The summed E-state index contributed by atoms with van der Waals surface area (Å²) in [6, 6.07) is 16.9. The van der Waals surface area contributed by atoms with E-state index in [1.165, 1.54) is 4.90 Å². The highest BCUT2D eigenvalue weighted by Crippen LogP contribution is 2.21. The van der Waals surface area contributed by atoms with Gasteiger partial charge in [0.25, 0.3) is 5.91 Å². The zero-order valence-electron chi connectivity index (χ0n) is 15.0. The van der Waals surface area contributed by atoms with Crippen molar-refractivity contribution in [3.8, 4) is 0 Å². The van der Waals surface area contributed by atoms with Crippen LogP contribution in [0, 0.1) is 0 Å². The van der Waals surface area contributed by atoms with E-state index in [-0.39, 0.29) is 43.1 Å². The van der Waals surface area contributed by atoms with Gasteiger partial charge < -0.3 is 4.90 Å². The molecule has 0 saturated carbocycles. The van der Waals surface area contributed by atoms with Crippen molar-refractivity contribution >= 4 is 17.7 Å². The first-order valence-corrected chi connectivity index (χ1v) is 8.71. The Balaban J connectivity index is 1.68. The Labute approximate surface area is 153 Å². The number of hydrogen-bond acceptors (Lipinski definition) is 3. The molecule has 0 aliphatic carbocycles. The summed E-state index contributed by atoms with van der Waals surface area (Å²) in [5.74, 6) is -0.334. The number of nitrogens with zero attached hydrogens (tertiary/aromatic N) is 2. The first kappa shape index (κ1) is 17.9. The van der Waals surface area contributed by atoms with E-state index in [4.69, 9.17) is 0 Å². The predicted octanol–water partition coefficient (Wildman–Crippen LogP) is 3.17. The minimum absolute atomic E-state index is 0.0387. The molecule has 1 atom stereocenters. The van der Waals surface area contributed by atoms with Crippen molar-refractivity contribution in [1.82, 2.24) is 9.80 Å². The fourth-order valence-electron chi connectivity index (χ4n) is 3.07. The number of likely N-dealkylation sites (tertiary alicyclic amines) is 1. The number of carbonyl (C=O) groups is 3. The highest BCUT2D eigenvalue weighted by atomic mass is 16.2. The number of amides is 3. The second-order valence-corrected chi connectivity index (χ2v) is 6.57. The van der Waals surface area contributed by atoms with Gasteiger partial charge in [-0.1, -0.05) is 42.5 Å². The topological polar surface area (TPSA) is 57.7 Å². The molecule has 0 N–H and O–H groups in total. The largest absolute Gasteiger partial charge is 0.335 e. The normalized spacial score (nSPS) is 15.2. The lowest BCUT2D eigenvalue weighted by atomic mass is 10.1. The molecule has 1 fully saturated rings. The molecule has 1 heterocycles. The average Bonchev–Trinajstić information content (AvgIpc) is 2.99. The van der Waals surface area contributed by atoms with Gasteiger partial charge >= 0.3 is 0 Å². The van der Waals surface area contributed by atoms with Gasteiger partial charge in [-0.3, -0.25) is 19.3 Å². The summed E-state index contributed by atoms with van der Waals surface area (Å²) in [4.78, 5) is 39.1. The molecule has 3 rings (SSSR count). The van der Waals surface area contributed by atoms with E-state index in [1.807, 2.05) is 37.3 Å². The summed E-state index contributed by atoms with van der Waals surface area (Å²) in [6.45, 7) is 2.26. The highest BCUT2D eigenvalue weighted by molar-refractivity contribution is 6.01. The van der Waals surface area contributed by atoms with Crippen LogP contribution in [0.5, 0.6) is 0 Å². The Kier molecular flexibility index (Phi) is 5.16. The third-order valence-corrected chi connectivity index (χ3v) is 4.88. The average molecular weight is 350 g/mol. The maximum Gasteiger partial charge on any atom is 0.254 e. The van der Waals surface area contributed by atoms with E-state index in [2.05, 4.69) is 0 Å². The van der Waals surface area contributed by atoms with Gasteiger partial charge in [0.2, 0.25) is 11.8 Å². The third kappa shape index (κ3) is 3.67. The molecule has 2 aromatic carbocycles.